The van der Waals surface area contributed by atoms with Crippen LogP contribution in [0.15, 0.2) is 9.98 Å². The Balaban J connectivity index is 2.24. The number of rotatable bonds is 4. The minimum absolute atomic E-state index is 0.0789. The van der Waals surface area contributed by atoms with Gasteiger partial charge in [-0.1, -0.05) is 41.5 Å². The molecule has 0 heterocycles. The Morgan fingerprint density at radius 1 is 0.720 bits per heavy atom. The molecule has 2 saturated carbocycles. The Hall–Kier alpha value is -1.24. The molecule has 0 aliphatic heterocycles. The molecule has 4 unspecified atom stereocenters. The van der Waals surface area contributed by atoms with Gasteiger partial charge in [0.05, 0.1) is 12.1 Å². The summed E-state index contributed by atoms with van der Waals surface area (Å²) in [5.74, 6) is 0. The van der Waals surface area contributed by atoms with Crippen molar-refractivity contribution in [3.05, 3.63) is 0 Å². The van der Waals surface area contributed by atoms with Crippen LogP contribution in [0.5, 0.6) is 0 Å². The fourth-order valence-electron chi connectivity index (χ4n) is 6.79. The van der Waals surface area contributed by atoms with E-state index < -0.39 is 0 Å². The summed E-state index contributed by atoms with van der Waals surface area (Å²) in [4.78, 5) is 29.8. The predicted octanol–water partition coefficient (Wildman–Crippen LogP) is 5.22. The molecule has 0 radical (unpaired) electrons. The molecule has 25 heavy (non-hydrogen) atoms. The van der Waals surface area contributed by atoms with Gasteiger partial charge >= 0.3 is 0 Å². The minimum atomic E-state index is 0.0789. The van der Waals surface area contributed by atoms with Crippen LogP contribution in [0.3, 0.4) is 0 Å². The van der Waals surface area contributed by atoms with E-state index in [2.05, 4.69) is 51.5 Å². The molecular formula is C21H34N2O2. The summed E-state index contributed by atoms with van der Waals surface area (Å²) in [6, 6.07) is 0.158. The average Bonchev–Trinajstić information content (AvgIpc) is 2.32. The molecule has 0 saturated heterocycles. The zero-order valence-corrected chi connectivity index (χ0v) is 16.8. The van der Waals surface area contributed by atoms with Gasteiger partial charge in [-0.05, 0) is 66.6 Å². The van der Waals surface area contributed by atoms with Crippen LogP contribution in [0.25, 0.3) is 0 Å². The maximum absolute atomic E-state index is 10.8. The smallest absolute Gasteiger partial charge is 0.211 e. The number of carbonyl (C=O) groups excluding carboxylic acids is 2. The normalized spacial score (nSPS) is 39.8. The number of aliphatic imine (C=N–C) groups is 2. The van der Waals surface area contributed by atoms with Gasteiger partial charge in [0.15, 0.2) is 0 Å². The monoisotopic (exact) mass is 346 g/mol. The molecular weight excluding hydrogens is 312 g/mol. The van der Waals surface area contributed by atoms with Crippen LogP contribution in [0.2, 0.25) is 0 Å². The summed E-state index contributed by atoms with van der Waals surface area (Å²) >= 11 is 0. The first kappa shape index (κ1) is 20.1. The van der Waals surface area contributed by atoms with E-state index in [0.717, 1.165) is 44.9 Å². The third kappa shape index (κ3) is 5.36. The number of hydrogen-bond acceptors (Lipinski definition) is 4. The summed E-state index contributed by atoms with van der Waals surface area (Å²) in [6.07, 6.45) is 10.7. The second-order valence-electron chi connectivity index (χ2n) is 11.0. The van der Waals surface area contributed by atoms with E-state index in [1.165, 1.54) is 0 Å². The summed E-state index contributed by atoms with van der Waals surface area (Å²) < 4.78 is 0. The third-order valence-corrected chi connectivity index (χ3v) is 6.17. The molecule has 0 spiro atoms. The lowest BCUT2D eigenvalue weighted by Crippen LogP contribution is -2.44. The molecule has 0 aromatic carbocycles. The van der Waals surface area contributed by atoms with E-state index in [9.17, 15) is 9.59 Å². The highest BCUT2D eigenvalue weighted by Crippen LogP contribution is 2.57. The molecule has 2 aliphatic rings. The summed E-state index contributed by atoms with van der Waals surface area (Å²) in [5.41, 5.74) is 0.645. The first-order chi connectivity index (χ1) is 11.4. The van der Waals surface area contributed by atoms with Crippen LogP contribution >= 0.6 is 0 Å². The van der Waals surface area contributed by atoms with Gasteiger partial charge < -0.3 is 0 Å². The van der Waals surface area contributed by atoms with E-state index >= 15 is 0 Å². The molecule has 4 atom stereocenters. The molecule has 2 rings (SSSR count). The standard InChI is InChI=1S/C21H34N2O2/c1-18(2)7-16(22-14-24)9-20(5,11-18)13-21(6)10-17(23-15-25)8-19(3,4)12-21/h16-17H,7-13H2,1-6H3. The number of hydrogen-bond donors (Lipinski definition) is 0. The Morgan fingerprint density at radius 2 is 1.08 bits per heavy atom. The highest BCUT2D eigenvalue weighted by molar-refractivity contribution is 5.34. The lowest BCUT2D eigenvalue weighted by atomic mass is 9.53. The Kier molecular flexibility index (Phi) is 5.47. The van der Waals surface area contributed by atoms with E-state index in [1.54, 1.807) is 12.2 Å². The van der Waals surface area contributed by atoms with E-state index in [4.69, 9.17) is 0 Å². The largest absolute Gasteiger partial charge is 0.235 e. The topological polar surface area (TPSA) is 58.9 Å². The van der Waals surface area contributed by atoms with Crippen molar-refractivity contribution in [1.82, 2.24) is 0 Å². The predicted molar refractivity (Wildman–Crippen MR) is 99.9 cm³/mol. The number of nitrogens with zero attached hydrogens (tertiary/aromatic N) is 2. The summed E-state index contributed by atoms with van der Waals surface area (Å²) in [7, 11) is 0. The van der Waals surface area contributed by atoms with Gasteiger partial charge in [-0.3, -0.25) is 0 Å². The lowest BCUT2D eigenvalue weighted by Gasteiger charge is -2.52. The molecule has 0 bridgehead atoms. The molecule has 0 aromatic heterocycles. The molecule has 2 fully saturated rings. The Labute approximate surface area is 152 Å². The second kappa shape index (κ2) is 6.82. The Bertz CT molecular complexity index is 547. The van der Waals surface area contributed by atoms with Crippen LogP contribution in [0.1, 0.15) is 86.5 Å². The van der Waals surface area contributed by atoms with Gasteiger partial charge in [-0.25, -0.2) is 19.6 Å². The maximum Gasteiger partial charge on any atom is 0.235 e. The molecule has 2 aliphatic carbocycles. The van der Waals surface area contributed by atoms with Crippen LogP contribution in [-0.4, -0.2) is 24.2 Å². The van der Waals surface area contributed by atoms with Gasteiger partial charge in [0.2, 0.25) is 12.2 Å². The maximum atomic E-state index is 10.8. The Morgan fingerprint density at radius 3 is 1.40 bits per heavy atom. The molecule has 4 nitrogen and oxygen atoms in total. The summed E-state index contributed by atoms with van der Waals surface area (Å²) in [6.45, 7) is 13.8. The number of isocyanates is 2. The molecule has 0 aromatic rings. The van der Waals surface area contributed by atoms with Crippen molar-refractivity contribution >= 4 is 12.2 Å². The van der Waals surface area contributed by atoms with Crippen LogP contribution in [0, 0.1) is 21.7 Å². The third-order valence-electron chi connectivity index (χ3n) is 6.17. The van der Waals surface area contributed by atoms with Crippen LogP contribution < -0.4 is 0 Å². The molecule has 140 valence electrons. The van der Waals surface area contributed by atoms with Crippen molar-refractivity contribution in [3.8, 4) is 0 Å². The zero-order valence-electron chi connectivity index (χ0n) is 16.8. The van der Waals surface area contributed by atoms with Crippen molar-refractivity contribution in [3.63, 3.8) is 0 Å². The van der Waals surface area contributed by atoms with Crippen LogP contribution in [-0.2, 0) is 9.59 Å². The van der Waals surface area contributed by atoms with Gasteiger partial charge in [0.1, 0.15) is 0 Å². The van der Waals surface area contributed by atoms with Crippen molar-refractivity contribution in [1.29, 1.82) is 0 Å². The van der Waals surface area contributed by atoms with Crippen molar-refractivity contribution in [2.75, 3.05) is 0 Å². The lowest BCUT2D eigenvalue weighted by molar-refractivity contribution is -0.00454. The SMILES string of the molecule is CC1(C)CC(N=C=O)CC(C)(CC2(C)CC(N=C=O)CC(C)(C)C2)C1. The quantitative estimate of drug-likeness (QED) is 0.517. The van der Waals surface area contributed by atoms with Crippen LogP contribution in [0.4, 0.5) is 0 Å². The molecule has 4 heteroatoms. The van der Waals surface area contributed by atoms with Gasteiger partial charge in [-0.15, -0.1) is 0 Å². The van der Waals surface area contributed by atoms with Crippen molar-refractivity contribution < 1.29 is 9.59 Å². The van der Waals surface area contributed by atoms with Crippen molar-refractivity contribution in [2.24, 2.45) is 31.6 Å². The van der Waals surface area contributed by atoms with E-state index in [1.807, 2.05) is 0 Å². The van der Waals surface area contributed by atoms with Gasteiger partial charge in [0, 0.05) is 0 Å². The first-order valence-corrected chi connectivity index (χ1v) is 9.54. The highest BCUT2D eigenvalue weighted by Gasteiger charge is 2.48. The van der Waals surface area contributed by atoms with Gasteiger partial charge in [-0.2, -0.15) is 0 Å². The zero-order chi connectivity index (χ0) is 18.9. The fraction of sp³-hybridized carbons (Fsp3) is 0.905. The average molecular weight is 347 g/mol. The van der Waals surface area contributed by atoms with E-state index in [0.29, 0.717) is 0 Å². The first-order valence-electron chi connectivity index (χ1n) is 9.54. The summed E-state index contributed by atoms with van der Waals surface area (Å²) in [5, 5.41) is 0. The molecule has 0 N–H and O–H groups in total. The van der Waals surface area contributed by atoms with Crippen molar-refractivity contribution in [2.45, 2.75) is 98.6 Å². The molecule has 0 amide bonds. The minimum Gasteiger partial charge on any atom is -0.211 e. The fourth-order valence-corrected chi connectivity index (χ4v) is 6.79. The second-order valence-corrected chi connectivity index (χ2v) is 11.0. The van der Waals surface area contributed by atoms with E-state index in [-0.39, 0.29) is 33.7 Å². The van der Waals surface area contributed by atoms with Gasteiger partial charge in [0.25, 0.3) is 0 Å². The highest BCUT2D eigenvalue weighted by atomic mass is 16.1.